The lowest BCUT2D eigenvalue weighted by atomic mass is 9.80. The number of thiazole rings is 1. The minimum absolute atomic E-state index is 0.219. The van der Waals surface area contributed by atoms with Crippen molar-refractivity contribution in [2.75, 3.05) is 0 Å². The molecule has 3 heterocycles. The van der Waals surface area contributed by atoms with Gasteiger partial charge >= 0.3 is 0 Å². The molecule has 0 bridgehead atoms. The Kier molecular flexibility index (Phi) is 5.90. The highest BCUT2D eigenvalue weighted by molar-refractivity contribution is 7.14. The van der Waals surface area contributed by atoms with Gasteiger partial charge in [-0.1, -0.05) is 41.5 Å². The highest BCUT2D eigenvalue weighted by Gasteiger charge is 2.42. The van der Waals surface area contributed by atoms with E-state index < -0.39 is 23.7 Å². The van der Waals surface area contributed by atoms with Crippen LogP contribution in [-0.4, -0.2) is 38.3 Å². The van der Waals surface area contributed by atoms with E-state index in [1.165, 1.54) is 18.3 Å². The molecular weight excluding hydrogens is 449 g/mol. The van der Waals surface area contributed by atoms with Crippen molar-refractivity contribution in [1.29, 1.82) is 0 Å². The van der Waals surface area contributed by atoms with Crippen LogP contribution in [0.5, 0.6) is 0 Å². The first-order valence-electron chi connectivity index (χ1n) is 11.2. The van der Waals surface area contributed by atoms with Crippen LogP contribution in [-0.2, 0) is 0 Å². The molecule has 172 valence electrons. The third-order valence-electron chi connectivity index (χ3n) is 6.16. The fraction of sp³-hybridized carbons (Fsp3) is 0.269. The molecule has 3 atom stereocenters. The van der Waals surface area contributed by atoms with E-state index in [4.69, 9.17) is 5.73 Å². The lowest BCUT2D eigenvalue weighted by Crippen LogP contribution is -2.60. The SMILES string of the molecule is CC1(F)CCC[C@@H](N)[C@H]1NC(=O)c1nc(-c2cnn3ccccc23)c(C#Cc2ccccc2)s1. The van der Waals surface area contributed by atoms with Gasteiger partial charge in [-0.25, -0.2) is 13.9 Å². The van der Waals surface area contributed by atoms with E-state index in [1.54, 1.807) is 10.7 Å². The molecule has 0 saturated heterocycles. The fourth-order valence-electron chi connectivity index (χ4n) is 4.36. The van der Waals surface area contributed by atoms with Crippen molar-refractivity contribution in [2.24, 2.45) is 5.73 Å². The lowest BCUT2D eigenvalue weighted by Gasteiger charge is -2.39. The Morgan fingerprint density at radius 2 is 2.03 bits per heavy atom. The highest BCUT2D eigenvalue weighted by Crippen LogP contribution is 2.33. The number of carbonyl (C=O) groups is 1. The van der Waals surface area contributed by atoms with Gasteiger partial charge in [0, 0.05) is 23.4 Å². The monoisotopic (exact) mass is 473 g/mol. The molecule has 3 N–H and O–H groups in total. The van der Waals surface area contributed by atoms with Gasteiger partial charge in [0.25, 0.3) is 5.91 Å². The molecule has 0 aliphatic heterocycles. The Morgan fingerprint density at radius 3 is 2.82 bits per heavy atom. The van der Waals surface area contributed by atoms with Crippen molar-refractivity contribution in [3.8, 4) is 23.1 Å². The standard InChI is InChI=1S/C26H24FN5OS/c1-26(27)14-7-10-19(28)23(26)31-24(33)25-30-22(18-16-29-32-15-6-5-11-20(18)32)21(34-25)13-12-17-8-3-2-4-9-17/h2-6,8-9,11,15-16,19,23H,7,10,14,28H2,1H3,(H,31,33)/t19-,23-,26?/m1/s1. The molecule has 34 heavy (non-hydrogen) atoms. The second-order valence-corrected chi connectivity index (χ2v) is 9.69. The lowest BCUT2D eigenvalue weighted by molar-refractivity contribution is 0.0579. The number of amides is 1. The van der Waals surface area contributed by atoms with Crippen LogP contribution < -0.4 is 11.1 Å². The summed E-state index contributed by atoms with van der Waals surface area (Å²) in [6.07, 6.45) is 5.31. The summed E-state index contributed by atoms with van der Waals surface area (Å²) in [7, 11) is 0. The van der Waals surface area contributed by atoms with Gasteiger partial charge in [0.2, 0.25) is 0 Å². The Bertz CT molecular complexity index is 1400. The first kappa shape index (κ1) is 22.3. The van der Waals surface area contributed by atoms with E-state index >= 15 is 4.39 Å². The molecule has 5 rings (SSSR count). The molecule has 1 saturated carbocycles. The number of rotatable bonds is 3. The van der Waals surface area contributed by atoms with Crippen molar-refractivity contribution < 1.29 is 9.18 Å². The van der Waals surface area contributed by atoms with Gasteiger partial charge in [0.15, 0.2) is 5.01 Å². The maximum Gasteiger partial charge on any atom is 0.280 e. The quantitative estimate of drug-likeness (QED) is 0.437. The van der Waals surface area contributed by atoms with Gasteiger partial charge in [0.1, 0.15) is 16.2 Å². The van der Waals surface area contributed by atoms with E-state index in [0.717, 1.165) is 16.6 Å². The smallest absolute Gasteiger partial charge is 0.280 e. The van der Waals surface area contributed by atoms with Crippen LogP contribution in [0.3, 0.4) is 0 Å². The van der Waals surface area contributed by atoms with Crippen LogP contribution in [0, 0.1) is 11.8 Å². The van der Waals surface area contributed by atoms with Crippen molar-refractivity contribution >= 4 is 22.8 Å². The number of nitrogens with zero attached hydrogens (tertiary/aromatic N) is 3. The van der Waals surface area contributed by atoms with Gasteiger partial charge in [-0.05, 0) is 56.4 Å². The van der Waals surface area contributed by atoms with Crippen LogP contribution in [0.25, 0.3) is 16.8 Å². The Hall–Kier alpha value is -3.54. The number of pyridine rings is 1. The summed E-state index contributed by atoms with van der Waals surface area (Å²) in [5.74, 6) is 5.88. The first-order chi connectivity index (χ1) is 16.4. The van der Waals surface area contributed by atoms with E-state index in [2.05, 4.69) is 27.2 Å². The first-order valence-corrected chi connectivity index (χ1v) is 12.0. The van der Waals surface area contributed by atoms with Crippen molar-refractivity contribution in [2.45, 2.75) is 43.9 Å². The molecule has 1 aliphatic carbocycles. The Morgan fingerprint density at radius 1 is 1.24 bits per heavy atom. The minimum Gasteiger partial charge on any atom is -0.342 e. The second kappa shape index (κ2) is 9.01. The molecule has 3 aromatic heterocycles. The molecule has 8 heteroatoms. The molecule has 1 fully saturated rings. The van der Waals surface area contributed by atoms with Gasteiger partial charge in [0.05, 0.1) is 17.8 Å². The van der Waals surface area contributed by atoms with Crippen LogP contribution >= 0.6 is 11.3 Å². The molecule has 1 aliphatic rings. The van der Waals surface area contributed by atoms with Gasteiger partial charge < -0.3 is 11.1 Å². The third-order valence-corrected chi connectivity index (χ3v) is 7.13. The largest absolute Gasteiger partial charge is 0.342 e. The second-order valence-electron chi connectivity index (χ2n) is 8.69. The number of nitrogens with two attached hydrogens (primary N) is 1. The number of benzene rings is 1. The van der Waals surface area contributed by atoms with E-state index in [-0.39, 0.29) is 5.01 Å². The highest BCUT2D eigenvalue weighted by atomic mass is 32.1. The number of nitrogens with one attached hydrogen (secondary N) is 1. The number of hydrogen-bond donors (Lipinski definition) is 2. The summed E-state index contributed by atoms with van der Waals surface area (Å²) >= 11 is 1.19. The average Bonchev–Trinajstić information content (AvgIpc) is 3.45. The molecule has 0 spiro atoms. The van der Waals surface area contributed by atoms with E-state index in [0.29, 0.717) is 29.8 Å². The zero-order valence-corrected chi connectivity index (χ0v) is 19.5. The molecule has 1 unspecified atom stereocenters. The Balaban J connectivity index is 1.54. The molecule has 6 nitrogen and oxygen atoms in total. The number of aromatic nitrogens is 3. The predicted octanol–water partition coefficient (Wildman–Crippen LogP) is 4.20. The predicted molar refractivity (Wildman–Crippen MR) is 131 cm³/mol. The summed E-state index contributed by atoms with van der Waals surface area (Å²) in [5.41, 5.74) is 7.66. The maximum absolute atomic E-state index is 15.1. The number of fused-ring (bicyclic) bond motifs is 1. The summed E-state index contributed by atoms with van der Waals surface area (Å²) in [6, 6.07) is 14.1. The van der Waals surface area contributed by atoms with Gasteiger partial charge in [-0.2, -0.15) is 5.10 Å². The third kappa shape index (κ3) is 4.32. The number of hydrogen-bond acceptors (Lipinski definition) is 5. The van der Waals surface area contributed by atoms with Crippen LogP contribution in [0.2, 0.25) is 0 Å². The van der Waals surface area contributed by atoms with Crippen LogP contribution in [0.4, 0.5) is 4.39 Å². The molecule has 4 aromatic rings. The van der Waals surface area contributed by atoms with E-state index in [9.17, 15) is 4.79 Å². The summed E-state index contributed by atoms with van der Waals surface area (Å²) in [6.45, 7) is 1.50. The zero-order chi connectivity index (χ0) is 23.7. The molecule has 1 amide bonds. The van der Waals surface area contributed by atoms with Gasteiger partial charge in [-0.3, -0.25) is 4.79 Å². The molecule has 0 radical (unpaired) electrons. The normalized spacial score (nSPS) is 22.2. The number of halogens is 1. The summed E-state index contributed by atoms with van der Waals surface area (Å²) in [4.78, 5) is 18.4. The molecule has 1 aromatic carbocycles. The van der Waals surface area contributed by atoms with E-state index in [1.807, 2.05) is 54.7 Å². The van der Waals surface area contributed by atoms with Crippen LogP contribution in [0.15, 0.2) is 60.9 Å². The summed E-state index contributed by atoms with van der Waals surface area (Å²) < 4.78 is 16.9. The maximum atomic E-state index is 15.1. The minimum atomic E-state index is -1.56. The van der Waals surface area contributed by atoms with Gasteiger partial charge in [-0.15, -0.1) is 0 Å². The zero-order valence-electron chi connectivity index (χ0n) is 18.7. The van der Waals surface area contributed by atoms with Crippen molar-refractivity contribution in [3.63, 3.8) is 0 Å². The van der Waals surface area contributed by atoms with Crippen molar-refractivity contribution in [1.82, 2.24) is 19.9 Å². The number of alkyl halides is 1. The fourth-order valence-corrected chi connectivity index (χ4v) is 5.20. The number of carbonyl (C=O) groups excluding carboxylic acids is 1. The van der Waals surface area contributed by atoms with Crippen molar-refractivity contribution in [3.05, 3.63) is 76.4 Å². The Labute approximate surface area is 201 Å². The average molecular weight is 474 g/mol. The molecular formula is C26H24FN5OS. The topological polar surface area (TPSA) is 85.3 Å². The van der Waals surface area contributed by atoms with Crippen LogP contribution in [0.1, 0.15) is 46.4 Å². The summed E-state index contributed by atoms with van der Waals surface area (Å²) in [5, 5.41) is 7.43.